The first-order valence-corrected chi connectivity index (χ1v) is 16.4. The lowest BCUT2D eigenvalue weighted by Crippen LogP contribution is -2.53. The van der Waals surface area contributed by atoms with Crippen molar-refractivity contribution in [3.63, 3.8) is 0 Å². The van der Waals surface area contributed by atoms with Crippen molar-refractivity contribution in [3.05, 3.63) is 93.5 Å². The van der Waals surface area contributed by atoms with Gasteiger partial charge in [0.05, 0.1) is 20.6 Å². The summed E-state index contributed by atoms with van der Waals surface area (Å²) in [6, 6.07) is 17.7. The molecule has 42 heavy (non-hydrogen) atoms. The summed E-state index contributed by atoms with van der Waals surface area (Å²) in [7, 11) is -4.13. The first-order valence-electron chi connectivity index (χ1n) is 14.2. The van der Waals surface area contributed by atoms with Crippen LogP contribution in [0, 0.1) is 13.8 Å². The lowest BCUT2D eigenvalue weighted by atomic mass is 9.95. The number of benzene rings is 3. The van der Waals surface area contributed by atoms with Crippen molar-refractivity contribution >= 4 is 50.7 Å². The minimum atomic E-state index is -4.13. The van der Waals surface area contributed by atoms with E-state index >= 15 is 0 Å². The van der Waals surface area contributed by atoms with Gasteiger partial charge >= 0.3 is 0 Å². The minimum Gasteiger partial charge on any atom is -0.352 e. The van der Waals surface area contributed by atoms with Crippen LogP contribution in [0.25, 0.3) is 0 Å². The summed E-state index contributed by atoms with van der Waals surface area (Å²) in [6.07, 6.45) is 5.04. The molecule has 0 aliphatic heterocycles. The van der Waals surface area contributed by atoms with Crippen molar-refractivity contribution in [2.24, 2.45) is 0 Å². The second-order valence-corrected chi connectivity index (χ2v) is 13.6. The Labute approximate surface area is 258 Å². The van der Waals surface area contributed by atoms with Crippen molar-refractivity contribution in [1.29, 1.82) is 0 Å². The van der Waals surface area contributed by atoms with Gasteiger partial charge in [-0.15, -0.1) is 0 Å². The van der Waals surface area contributed by atoms with Crippen LogP contribution in [0.1, 0.15) is 55.7 Å². The molecule has 2 amide bonds. The topological polar surface area (TPSA) is 86.8 Å². The number of hydrogen-bond acceptors (Lipinski definition) is 4. The molecule has 1 N–H and O–H groups in total. The van der Waals surface area contributed by atoms with E-state index in [1.165, 1.54) is 17.0 Å². The van der Waals surface area contributed by atoms with Gasteiger partial charge in [0.1, 0.15) is 12.6 Å². The quantitative estimate of drug-likeness (QED) is 0.271. The highest BCUT2D eigenvalue weighted by Gasteiger charge is 2.33. The zero-order valence-corrected chi connectivity index (χ0v) is 26.5. The maximum absolute atomic E-state index is 14.2. The van der Waals surface area contributed by atoms with Crippen molar-refractivity contribution in [1.82, 2.24) is 10.2 Å². The van der Waals surface area contributed by atoms with Gasteiger partial charge in [0.15, 0.2) is 0 Å². The largest absolute Gasteiger partial charge is 0.352 e. The number of carbonyl (C=O) groups excluding carboxylic acids is 2. The summed E-state index contributed by atoms with van der Waals surface area (Å²) in [4.78, 5) is 29.1. The van der Waals surface area contributed by atoms with E-state index in [0.29, 0.717) is 26.9 Å². The number of carbonyl (C=O) groups is 2. The highest BCUT2D eigenvalue weighted by atomic mass is 35.5. The summed E-state index contributed by atoms with van der Waals surface area (Å²) in [5.41, 5.74) is 2.62. The normalized spacial score (nSPS) is 14.7. The molecule has 0 aromatic heterocycles. The van der Waals surface area contributed by atoms with E-state index < -0.39 is 28.5 Å². The van der Waals surface area contributed by atoms with Gasteiger partial charge in [-0.1, -0.05) is 78.9 Å². The molecule has 1 aliphatic carbocycles. The average molecular weight is 631 g/mol. The third-order valence-corrected chi connectivity index (χ3v) is 10.2. The number of aryl methyl sites for hydroxylation is 2. The lowest BCUT2D eigenvalue weighted by Gasteiger charge is -2.33. The predicted octanol–water partition coefficient (Wildman–Crippen LogP) is 6.67. The number of nitrogens with one attached hydrogen (secondary N) is 1. The van der Waals surface area contributed by atoms with Crippen LogP contribution in [-0.4, -0.2) is 43.8 Å². The molecule has 0 saturated heterocycles. The van der Waals surface area contributed by atoms with Crippen molar-refractivity contribution in [3.8, 4) is 0 Å². The molecule has 3 aromatic rings. The second-order valence-electron chi connectivity index (χ2n) is 10.9. The fourth-order valence-corrected chi connectivity index (χ4v) is 7.02. The molecule has 0 bridgehead atoms. The molecule has 224 valence electrons. The standard InChI is InChI=1S/C32H37Cl2N3O4S/c1-22-14-15-23(2)30(18-22)37(42(40,41)27-12-8-5-9-13-27)21-31(38)36(20-25-16-17-28(33)29(34)19-25)24(3)32(39)35-26-10-6-4-7-11-26/h5,8-9,12-19,24,26H,4,6-7,10-11,20-21H2,1-3H3,(H,35,39)/t24-/m0/s1. The summed E-state index contributed by atoms with van der Waals surface area (Å²) in [5, 5.41) is 3.80. The summed E-state index contributed by atoms with van der Waals surface area (Å²) in [5.74, 6) is -0.799. The predicted molar refractivity (Wildman–Crippen MR) is 168 cm³/mol. The smallest absolute Gasteiger partial charge is 0.264 e. The number of nitrogens with zero attached hydrogens (tertiary/aromatic N) is 2. The van der Waals surface area contributed by atoms with E-state index in [0.717, 1.165) is 42.0 Å². The number of halogens is 2. The van der Waals surface area contributed by atoms with E-state index in [1.807, 2.05) is 19.1 Å². The van der Waals surface area contributed by atoms with Crippen LogP contribution >= 0.6 is 23.2 Å². The first kappa shape index (κ1) is 31.9. The van der Waals surface area contributed by atoms with Gasteiger partial charge in [-0.3, -0.25) is 13.9 Å². The van der Waals surface area contributed by atoms with Crippen LogP contribution in [0.15, 0.2) is 71.6 Å². The molecule has 10 heteroatoms. The Balaban J connectivity index is 1.71. The van der Waals surface area contributed by atoms with Crippen LogP contribution in [0.4, 0.5) is 5.69 Å². The van der Waals surface area contributed by atoms with Gasteiger partial charge in [0, 0.05) is 12.6 Å². The van der Waals surface area contributed by atoms with Gasteiger partial charge < -0.3 is 10.2 Å². The SMILES string of the molecule is Cc1ccc(C)c(N(CC(=O)N(Cc2ccc(Cl)c(Cl)c2)[C@@H](C)C(=O)NC2CCCCC2)S(=O)(=O)c2ccccc2)c1. The molecular weight excluding hydrogens is 593 g/mol. The molecule has 0 spiro atoms. The Morgan fingerprint density at radius 2 is 1.62 bits per heavy atom. The van der Waals surface area contributed by atoms with E-state index in [-0.39, 0.29) is 23.4 Å². The summed E-state index contributed by atoms with van der Waals surface area (Å²) < 4.78 is 29.1. The van der Waals surface area contributed by atoms with Gasteiger partial charge in [0.25, 0.3) is 10.0 Å². The molecule has 1 saturated carbocycles. The Kier molecular flexibility index (Phi) is 10.6. The number of rotatable bonds is 10. The maximum Gasteiger partial charge on any atom is 0.264 e. The minimum absolute atomic E-state index is 0.0427. The van der Waals surface area contributed by atoms with E-state index in [2.05, 4.69) is 5.32 Å². The van der Waals surface area contributed by atoms with Crippen LogP contribution in [0.2, 0.25) is 10.0 Å². The monoisotopic (exact) mass is 629 g/mol. The lowest BCUT2D eigenvalue weighted by molar-refractivity contribution is -0.139. The Bertz CT molecular complexity index is 1530. The van der Waals surface area contributed by atoms with Crippen molar-refractivity contribution in [2.45, 2.75) is 76.4 Å². The third-order valence-electron chi connectivity index (χ3n) is 7.70. The van der Waals surface area contributed by atoms with Crippen LogP contribution < -0.4 is 9.62 Å². The highest BCUT2D eigenvalue weighted by Crippen LogP contribution is 2.29. The molecule has 0 heterocycles. The molecule has 0 radical (unpaired) electrons. The van der Waals surface area contributed by atoms with Crippen molar-refractivity contribution in [2.75, 3.05) is 10.8 Å². The van der Waals surface area contributed by atoms with Gasteiger partial charge in [0.2, 0.25) is 11.8 Å². The molecule has 1 atom stereocenters. The summed E-state index contributed by atoms with van der Waals surface area (Å²) >= 11 is 12.4. The Hall–Kier alpha value is -3.07. The number of sulfonamides is 1. The molecule has 7 nitrogen and oxygen atoms in total. The first-order chi connectivity index (χ1) is 20.0. The molecule has 1 aliphatic rings. The molecule has 1 fully saturated rings. The fourth-order valence-electron chi connectivity index (χ4n) is 5.21. The Morgan fingerprint density at radius 3 is 2.29 bits per heavy atom. The molecular formula is C32H37Cl2N3O4S. The van der Waals surface area contributed by atoms with Crippen LogP contribution in [0.5, 0.6) is 0 Å². The van der Waals surface area contributed by atoms with E-state index in [9.17, 15) is 18.0 Å². The zero-order valence-electron chi connectivity index (χ0n) is 24.1. The average Bonchev–Trinajstić information content (AvgIpc) is 2.98. The van der Waals surface area contributed by atoms with Gasteiger partial charge in [-0.2, -0.15) is 0 Å². The fraction of sp³-hybridized carbons (Fsp3) is 0.375. The second kappa shape index (κ2) is 13.9. The van der Waals surface area contributed by atoms with Crippen LogP contribution in [-0.2, 0) is 26.2 Å². The van der Waals surface area contributed by atoms with E-state index in [1.54, 1.807) is 56.3 Å². The van der Waals surface area contributed by atoms with E-state index in [4.69, 9.17) is 23.2 Å². The number of hydrogen-bond donors (Lipinski definition) is 1. The maximum atomic E-state index is 14.2. The Morgan fingerprint density at radius 1 is 0.929 bits per heavy atom. The number of anilines is 1. The van der Waals surface area contributed by atoms with Crippen LogP contribution in [0.3, 0.4) is 0 Å². The number of amides is 2. The van der Waals surface area contributed by atoms with Gasteiger partial charge in [-0.05, 0) is 80.6 Å². The zero-order chi connectivity index (χ0) is 30.4. The molecule has 3 aromatic carbocycles. The highest BCUT2D eigenvalue weighted by molar-refractivity contribution is 7.92. The molecule has 0 unspecified atom stereocenters. The van der Waals surface area contributed by atoms with Crippen molar-refractivity contribution < 1.29 is 18.0 Å². The molecule has 4 rings (SSSR count). The summed E-state index contributed by atoms with van der Waals surface area (Å²) in [6.45, 7) is 4.89. The third kappa shape index (κ3) is 7.65. The van der Waals surface area contributed by atoms with Gasteiger partial charge in [-0.25, -0.2) is 8.42 Å².